The Hall–Kier alpha value is -1.62. The van der Waals surface area contributed by atoms with Gasteiger partial charge in [-0.25, -0.2) is 5.84 Å². The molecule has 1 aromatic rings. The van der Waals surface area contributed by atoms with E-state index in [0.29, 0.717) is 24.3 Å². The first-order valence-corrected chi connectivity index (χ1v) is 4.26. The second-order valence-electron chi connectivity index (χ2n) is 2.87. The first kappa shape index (κ1) is 10.5. The number of carbonyl (C=O) groups excluding carboxylic acids is 1. The van der Waals surface area contributed by atoms with Gasteiger partial charge in [0.15, 0.2) is 0 Å². The quantitative estimate of drug-likeness (QED) is 0.417. The molecule has 0 fully saturated rings. The molecule has 0 spiro atoms. The van der Waals surface area contributed by atoms with Gasteiger partial charge < -0.3 is 4.52 Å². The molecule has 1 amide bonds. The van der Waals surface area contributed by atoms with Gasteiger partial charge in [0, 0.05) is 12.0 Å². The Balaban J connectivity index is 2.70. The molecule has 5 heteroatoms. The number of aryl methyl sites for hydroxylation is 1. The second kappa shape index (κ2) is 4.57. The number of nitrogens with two attached hydrogens (primary N) is 1. The van der Waals surface area contributed by atoms with Crippen molar-refractivity contribution >= 4 is 12.0 Å². The molecule has 0 unspecified atom stereocenters. The highest BCUT2D eigenvalue weighted by atomic mass is 16.5. The fourth-order valence-electron chi connectivity index (χ4n) is 1.18. The average molecular weight is 195 g/mol. The van der Waals surface area contributed by atoms with Crippen LogP contribution in [0.5, 0.6) is 0 Å². The van der Waals surface area contributed by atoms with Crippen LogP contribution in [-0.4, -0.2) is 11.1 Å². The van der Waals surface area contributed by atoms with Gasteiger partial charge in [-0.15, -0.1) is 0 Å². The van der Waals surface area contributed by atoms with E-state index >= 15 is 0 Å². The smallest absolute Gasteiger partial charge is 0.234 e. The van der Waals surface area contributed by atoms with E-state index in [-0.39, 0.29) is 5.91 Å². The lowest BCUT2D eigenvalue weighted by atomic mass is 10.1. The van der Waals surface area contributed by atoms with Crippen LogP contribution in [0, 0.1) is 6.92 Å². The van der Waals surface area contributed by atoms with Crippen LogP contribution >= 0.6 is 0 Å². The van der Waals surface area contributed by atoms with E-state index in [1.54, 1.807) is 13.0 Å². The number of nitrogens with one attached hydrogen (secondary N) is 1. The Morgan fingerprint density at radius 1 is 1.79 bits per heavy atom. The predicted molar refractivity (Wildman–Crippen MR) is 52.0 cm³/mol. The summed E-state index contributed by atoms with van der Waals surface area (Å²) in [5, 5.41) is 3.78. The summed E-state index contributed by atoms with van der Waals surface area (Å²) in [5.74, 6) is 5.47. The van der Waals surface area contributed by atoms with E-state index in [2.05, 4.69) is 17.2 Å². The third-order valence-corrected chi connectivity index (χ3v) is 1.97. The normalized spacial score (nSPS) is 9.86. The summed E-state index contributed by atoms with van der Waals surface area (Å²) in [6, 6.07) is 0. The largest absolute Gasteiger partial charge is 0.361 e. The van der Waals surface area contributed by atoms with E-state index < -0.39 is 0 Å². The van der Waals surface area contributed by atoms with Crippen LogP contribution in [0.3, 0.4) is 0 Å². The SMILES string of the molecule is C=Cc1noc(C)c1CCC(=O)NN. The zero-order valence-corrected chi connectivity index (χ0v) is 8.04. The Morgan fingerprint density at radius 3 is 3.07 bits per heavy atom. The molecule has 5 nitrogen and oxygen atoms in total. The van der Waals surface area contributed by atoms with E-state index in [1.165, 1.54) is 0 Å². The van der Waals surface area contributed by atoms with Gasteiger partial charge in [-0.1, -0.05) is 11.7 Å². The van der Waals surface area contributed by atoms with Crippen LogP contribution in [0.2, 0.25) is 0 Å². The maximum Gasteiger partial charge on any atom is 0.234 e. The topological polar surface area (TPSA) is 81.2 Å². The maximum atomic E-state index is 10.9. The summed E-state index contributed by atoms with van der Waals surface area (Å²) in [5.41, 5.74) is 3.66. The summed E-state index contributed by atoms with van der Waals surface area (Å²) in [7, 11) is 0. The van der Waals surface area contributed by atoms with Gasteiger partial charge in [-0.3, -0.25) is 10.2 Å². The van der Waals surface area contributed by atoms with Crippen molar-refractivity contribution in [1.29, 1.82) is 0 Å². The highest BCUT2D eigenvalue weighted by Crippen LogP contribution is 2.16. The van der Waals surface area contributed by atoms with Crippen molar-refractivity contribution in [2.45, 2.75) is 19.8 Å². The summed E-state index contributed by atoms with van der Waals surface area (Å²) in [6.45, 7) is 5.41. The number of hydrazine groups is 1. The van der Waals surface area contributed by atoms with Crippen LogP contribution in [0.4, 0.5) is 0 Å². The van der Waals surface area contributed by atoms with E-state index in [9.17, 15) is 4.79 Å². The summed E-state index contributed by atoms with van der Waals surface area (Å²) in [4.78, 5) is 10.9. The fraction of sp³-hybridized carbons (Fsp3) is 0.333. The van der Waals surface area contributed by atoms with Crippen molar-refractivity contribution in [3.8, 4) is 0 Å². The van der Waals surface area contributed by atoms with Gasteiger partial charge in [0.2, 0.25) is 5.91 Å². The molecule has 0 aromatic carbocycles. The Kier molecular flexibility index (Phi) is 3.41. The highest BCUT2D eigenvalue weighted by Gasteiger charge is 2.11. The minimum Gasteiger partial charge on any atom is -0.361 e. The number of hydrogen-bond acceptors (Lipinski definition) is 4. The summed E-state index contributed by atoms with van der Waals surface area (Å²) in [6.07, 6.45) is 2.48. The lowest BCUT2D eigenvalue weighted by Gasteiger charge is -1.98. The van der Waals surface area contributed by atoms with E-state index in [4.69, 9.17) is 10.4 Å². The first-order chi connectivity index (χ1) is 6.69. The van der Waals surface area contributed by atoms with Gasteiger partial charge in [0.1, 0.15) is 11.5 Å². The second-order valence-corrected chi connectivity index (χ2v) is 2.87. The molecule has 0 radical (unpaired) electrons. The minimum absolute atomic E-state index is 0.208. The molecule has 14 heavy (non-hydrogen) atoms. The van der Waals surface area contributed by atoms with Crippen LogP contribution in [0.1, 0.15) is 23.4 Å². The molecule has 0 aliphatic rings. The average Bonchev–Trinajstić information content (AvgIpc) is 2.55. The molecule has 1 heterocycles. The zero-order valence-electron chi connectivity index (χ0n) is 8.04. The van der Waals surface area contributed by atoms with Gasteiger partial charge in [-0.2, -0.15) is 0 Å². The molecule has 0 aliphatic heterocycles. The third kappa shape index (κ3) is 2.20. The molecule has 0 saturated heterocycles. The van der Waals surface area contributed by atoms with Gasteiger partial charge in [-0.05, 0) is 19.4 Å². The zero-order chi connectivity index (χ0) is 10.6. The van der Waals surface area contributed by atoms with Gasteiger partial charge in [0.25, 0.3) is 0 Å². The van der Waals surface area contributed by atoms with Gasteiger partial charge >= 0.3 is 0 Å². The van der Waals surface area contributed by atoms with Crippen LogP contribution in [0.25, 0.3) is 6.08 Å². The number of rotatable bonds is 4. The number of aromatic nitrogens is 1. The molecule has 0 bridgehead atoms. The number of hydrogen-bond donors (Lipinski definition) is 2. The van der Waals surface area contributed by atoms with E-state index in [1.807, 2.05) is 0 Å². The van der Waals surface area contributed by atoms with Crippen molar-refractivity contribution in [3.63, 3.8) is 0 Å². The van der Waals surface area contributed by atoms with Crippen molar-refractivity contribution in [3.05, 3.63) is 23.6 Å². The maximum absolute atomic E-state index is 10.9. The van der Waals surface area contributed by atoms with Crippen molar-refractivity contribution in [2.75, 3.05) is 0 Å². The van der Waals surface area contributed by atoms with Crippen molar-refractivity contribution in [1.82, 2.24) is 10.6 Å². The Bertz CT molecular complexity index is 344. The molecule has 0 atom stereocenters. The fourth-order valence-corrected chi connectivity index (χ4v) is 1.18. The molecule has 3 N–H and O–H groups in total. The Morgan fingerprint density at radius 2 is 2.50 bits per heavy atom. The molecule has 76 valence electrons. The summed E-state index contributed by atoms with van der Waals surface area (Å²) < 4.78 is 4.97. The highest BCUT2D eigenvalue weighted by molar-refractivity contribution is 5.75. The van der Waals surface area contributed by atoms with Crippen LogP contribution in [0.15, 0.2) is 11.1 Å². The number of carbonyl (C=O) groups is 1. The van der Waals surface area contributed by atoms with Gasteiger partial charge in [0.05, 0.1) is 0 Å². The first-order valence-electron chi connectivity index (χ1n) is 4.26. The third-order valence-electron chi connectivity index (χ3n) is 1.97. The molecule has 0 saturated carbocycles. The lowest BCUT2D eigenvalue weighted by Crippen LogP contribution is -2.30. The molecule has 1 rings (SSSR count). The van der Waals surface area contributed by atoms with Crippen molar-refractivity contribution < 1.29 is 9.32 Å². The molecule has 1 aromatic heterocycles. The monoisotopic (exact) mass is 195 g/mol. The number of amides is 1. The molecule has 0 aliphatic carbocycles. The minimum atomic E-state index is -0.208. The number of nitrogens with zero attached hydrogens (tertiary/aromatic N) is 1. The Labute approximate surface area is 81.9 Å². The molecular formula is C9H13N3O2. The van der Waals surface area contributed by atoms with Crippen molar-refractivity contribution in [2.24, 2.45) is 5.84 Å². The lowest BCUT2D eigenvalue weighted by molar-refractivity contribution is -0.121. The standard InChI is InChI=1S/C9H13N3O2/c1-3-8-7(6(2)14-12-8)4-5-9(13)11-10/h3H,1,4-5,10H2,2H3,(H,11,13). The van der Waals surface area contributed by atoms with Crippen LogP contribution < -0.4 is 11.3 Å². The predicted octanol–water partition coefficient (Wildman–Crippen LogP) is 0.549. The van der Waals surface area contributed by atoms with Crippen LogP contribution in [-0.2, 0) is 11.2 Å². The molecular weight excluding hydrogens is 182 g/mol. The van der Waals surface area contributed by atoms with E-state index in [0.717, 1.165) is 5.56 Å². The summed E-state index contributed by atoms with van der Waals surface area (Å²) >= 11 is 0.